The molecule has 0 saturated heterocycles. The van der Waals surface area contributed by atoms with Crippen molar-refractivity contribution in [2.45, 2.75) is 23.9 Å². The molecule has 3 rings (SSSR count). The molecule has 2 aromatic rings. The number of hydrogen-bond acceptors (Lipinski definition) is 6. The number of anilines is 1. The Morgan fingerprint density at radius 1 is 1.19 bits per heavy atom. The number of carbonyl (C=O) groups is 2. The SMILES string of the molecule is COc1ccc(NC(=O)CN2Cc3ccccc3C[C@H]2C(N)=O)cc1S(=O)(=O)N(C)C. The van der Waals surface area contributed by atoms with E-state index in [0.29, 0.717) is 18.7 Å². The maximum atomic E-state index is 12.7. The van der Waals surface area contributed by atoms with E-state index < -0.39 is 22.0 Å². The van der Waals surface area contributed by atoms with E-state index in [1.807, 2.05) is 24.3 Å². The van der Waals surface area contributed by atoms with Crippen molar-refractivity contribution in [2.75, 3.05) is 33.1 Å². The number of ether oxygens (including phenoxy) is 1. The fraction of sp³-hybridized carbons (Fsp3) is 0.333. The Bertz CT molecular complexity index is 1100. The molecule has 0 aliphatic carbocycles. The lowest BCUT2D eigenvalue weighted by molar-refractivity contribution is -0.125. The molecule has 0 spiro atoms. The van der Waals surface area contributed by atoms with Gasteiger partial charge < -0.3 is 15.8 Å². The highest BCUT2D eigenvalue weighted by molar-refractivity contribution is 7.89. The Morgan fingerprint density at radius 2 is 1.87 bits per heavy atom. The number of nitrogens with one attached hydrogen (secondary N) is 1. The molecule has 0 aromatic heterocycles. The highest BCUT2D eigenvalue weighted by atomic mass is 32.2. The summed E-state index contributed by atoms with van der Waals surface area (Å²) in [5, 5.41) is 2.70. The highest BCUT2D eigenvalue weighted by Gasteiger charge is 2.31. The van der Waals surface area contributed by atoms with Gasteiger partial charge in [0.25, 0.3) is 0 Å². The third-order valence-corrected chi connectivity index (χ3v) is 7.06. The maximum absolute atomic E-state index is 12.7. The van der Waals surface area contributed by atoms with Crippen LogP contribution < -0.4 is 15.8 Å². The molecular formula is C21H26N4O5S. The van der Waals surface area contributed by atoms with Crippen molar-refractivity contribution in [3.05, 3.63) is 53.6 Å². The second kappa shape index (κ2) is 9.04. The van der Waals surface area contributed by atoms with Crippen LogP contribution in [0.5, 0.6) is 5.75 Å². The number of sulfonamides is 1. The molecule has 0 saturated carbocycles. The van der Waals surface area contributed by atoms with E-state index in [2.05, 4.69) is 5.32 Å². The van der Waals surface area contributed by atoms with Crippen molar-refractivity contribution >= 4 is 27.5 Å². The van der Waals surface area contributed by atoms with Crippen molar-refractivity contribution in [1.82, 2.24) is 9.21 Å². The van der Waals surface area contributed by atoms with Gasteiger partial charge in [-0.1, -0.05) is 24.3 Å². The first-order valence-electron chi connectivity index (χ1n) is 9.64. The van der Waals surface area contributed by atoms with E-state index in [1.165, 1.54) is 33.3 Å². The van der Waals surface area contributed by atoms with Crippen molar-refractivity contribution in [2.24, 2.45) is 5.73 Å². The van der Waals surface area contributed by atoms with E-state index in [4.69, 9.17) is 10.5 Å². The van der Waals surface area contributed by atoms with Gasteiger partial charge in [0.2, 0.25) is 21.8 Å². The van der Waals surface area contributed by atoms with Crippen LogP contribution in [0.2, 0.25) is 0 Å². The highest BCUT2D eigenvalue weighted by Crippen LogP contribution is 2.29. The molecule has 10 heteroatoms. The van der Waals surface area contributed by atoms with Gasteiger partial charge in [-0.2, -0.15) is 0 Å². The zero-order valence-electron chi connectivity index (χ0n) is 17.7. The minimum absolute atomic E-state index is 0.0558. The molecule has 0 bridgehead atoms. The number of hydrogen-bond donors (Lipinski definition) is 2. The van der Waals surface area contributed by atoms with E-state index in [1.54, 1.807) is 11.0 Å². The number of rotatable bonds is 7. The second-order valence-corrected chi connectivity index (χ2v) is 9.62. The number of primary amides is 1. The summed E-state index contributed by atoms with van der Waals surface area (Å²) >= 11 is 0. The number of fused-ring (bicyclic) bond motifs is 1. The third kappa shape index (κ3) is 4.87. The zero-order chi connectivity index (χ0) is 22.8. The summed E-state index contributed by atoms with van der Waals surface area (Å²) in [4.78, 5) is 26.3. The molecule has 2 aromatic carbocycles. The van der Waals surface area contributed by atoms with Crippen LogP contribution in [0, 0.1) is 0 Å². The monoisotopic (exact) mass is 446 g/mol. The number of amides is 2. The first-order chi connectivity index (χ1) is 14.6. The van der Waals surface area contributed by atoms with Gasteiger partial charge in [0, 0.05) is 26.3 Å². The standard InChI is InChI=1S/C21H26N4O5S/c1-24(2)31(28,29)19-11-16(8-9-18(19)30-3)23-20(26)13-25-12-15-7-5-4-6-14(15)10-17(25)21(22)27/h4-9,11,17H,10,12-13H2,1-3H3,(H2,22,27)(H,23,26)/t17-/m0/s1. The summed E-state index contributed by atoms with van der Waals surface area (Å²) in [6.07, 6.45) is 0.437. The maximum Gasteiger partial charge on any atom is 0.246 e. The van der Waals surface area contributed by atoms with Crippen LogP contribution in [-0.4, -0.2) is 63.2 Å². The van der Waals surface area contributed by atoms with Gasteiger partial charge in [0.15, 0.2) is 0 Å². The first kappa shape index (κ1) is 22.7. The average Bonchev–Trinajstić information content (AvgIpc) is 2.72. The Labute approximate surface area is 181 Å². The molecule has 0 radical (unpaired) electrons. The lowest BCUT2D eigenvalue weighted by atomic mass is 9.93. The van der Waals surface area contributed by atoms with Gasteiger partial charge >= 0.3 is 0 Å². The van der Waals surface area contributed by atoms with Crippen LogP contribution in [0.3, 0.4) is 0 Å². The summed E-state index contributed by atoms with van der Waals surface area (Å²) in [5.41, 5.74) is 7.96. The molecule has 31 heavy (non-hydrogen) atoms. The molecule has 1 atom stereocenters. The Hall–Kier alpha value is -2.95. The van der Waals surface area contributed by atoms with Gasteiger partial charge in [0.1, 0.15) is 10.6 Å². The van der Waals surface area contributed by atoms with Gasteiger partial charge in [0.05, 0.1) is 19.7 Å². The molecular weight excluding hydrogens is 420 g/mol. The van der Waals surface area contributed by atoms with Crippen molar-refractivity contribution in [3.63, 3.8) is 0 Å². The largest absolute Gasteiger partial charge is 0.495 e. The summed E-state index contributed by atoms with van der Waals surface area (Å²) < 4.78 is 31.4. The minimum Gasteiger partial charge on any atom is -0.495 e. The van der Waals surface area contributed by atoms with E-state index in [-0.39, 0.29) is 23.1 Å². The van der Waals surface area contributed by atoms with Crippen molar-refractivity contribution in [1.29, 1.82) is 0 Å². The van der Waals surface area contributed by atoms with Crippen molar-refractivity contribution < 1.29 is 22.7 Å². The van der Waals surface area contributed by atoms with Gasteiger partial charge in [-0.15, -0.1) is 0 Å². The Kier molecular flexibility index (Phi) is 6.63. The molecule has 2 amide bonds. The lowest BCUT2D eigenvalue weighted by Crippen LogP contribution is -2.50. The quantitative estimate of drug-likeness (QED) is 0.649. The Balaban J connectivity index is 1.80. The van der Waals surface area contributed by atoms with Crippen LogP contribution in [0.4, 0.5) is 5.69 Å². The molecule has 0 unspecified atom stereocenters. The van der Waals surface area contributed by atoms with Crippen LogP contribution in [0.1, 0.15) is 11.1 Å². The number of benzene rings is 2. The number of methoxy groups -OCH3 is 1. The minimum atomic E-state index is -3.77. The molecule has 1 heterocycles. The van der Waals surface area contributed by atoms with Crippen molar-refractivity contribution in [3.8, 4) is 5.75 Å². The lowest BCUT2D eigenvalue weighted by Gasteiger charge is -2.34. The van der Waals surface area contributed by atoms with Gasteiger partial charge in [-0.25, -0.2) is 12.7 Å². The normalized spacial score (nSPS) is 16.6. The number of nitrogens with zero attached hydrogens (tertiary/aromatic N) is 2. The van der Waals surface area contributed by atoms with Gasteiger partial charge in [-0.05, 0) is 35.7 Å². The Morgan fingerprint density at radius 3 is 2.48 bits per heavy atom. The second-order valence-electron chi connectivity index (χ2n) is 7.50. The third-order valence-electron chi connectivity index (χ3n) is 5.23. The van der Waals surface area contributed by atoms with E-state index in [0.717, 1.165) is 15.4 Å². The van der Waals surface area contributed by atoms with Crippen LogP contribution >= 0.6 is 0 Å². The summed E-state index contributed by atoms with van der Waals surface area (Å²) in [7, 11) is 0.432. The van der Waals surface area contributed by atoms with E-state index >= 15 is 0 Å². The number of carbonyl (C=O) groups excluding carboxylic acids is 2. The predicted molar refractivity (Wildman–Crippen MR) is 116 cm³/mol. The topological polar surface area (TPSA) is 122 Å². The summed E-state index contributed by atoms with van der Waals surface area (Å²) in [5.74, 6) is -0.705. The smallest absolute Gasteiger partial charge is 0.246 e. The molecule has 1 aliphatic rings. The first-order valence-corrected chi connectivity index (χ1v) is 11.1. The molecule has 1 aliphatic heterocycles. The zero-order valence-corrected chi connectivity index (χ0v) is 18.5. The molecule has 9 nitrogen and oxygen atoms in total. The summed E-state index contributed by atoms with van der Waals surface area (Å²) in [6.45, 7) is 0.351. The van der Waals surface area contributed by atoms with Crippen LogP contribution in [0.15, 0.2) is 47.4 Å². The molecule has 166 valence electrons. The fourth-order valence-electron chi connectivity index (χ4n) is 3.56. The molecule has 3 N–H and O–H groups in total. The molecule has 0 fully saturated rings. The van der Waals surface area contributed by atoms with Gasteiger partial charge in [-0.3, -0.25) is 14.5 Å². The van der Waals surface area contributed by atoms with E-state index in [9.17, 15) is 18.0 Å². The summed E-state index contributed by atoms with van der Waals surface area (Å²) in [6, 6.07) is 11.5. The van der Waals surface area contributed by atoms with Crippen LogP contribution in [0.25, 0.3) is 0 Å². The van der Waals surface area contributed by atoms with Crippen LogP contribution in [-0.2, 0) is 32.6 Å². The fourth-order valence-corrected chi connectivity index (χ4v) is 4.64. The number of nitrogens with two attached hydrogens (primary N) is 1. The predicted octanol–water partition coefficient (Wildman–Crippen LogP) is 0.796. The average molecular weight is 447 g/mol.